The van der Waals surface area contributed by atoms with Crippen molar-refractivity contribution in [2.45, 2.75) is 17.9 Å². The monoisotopic (exact) mass is 424 g/mol. The maximum Gasteiger partial charge on any atom is 0.294 e. The molecule has 0 spiro atoms. The zero-order valence-corrected chi connectivity index (χ0v) is 17.5. The molecular formula is C22H24N4O3S. The molecular weight excluding hydrogens is 400 g/mol. The molecule has 0 unspecified atom stereocenters. The minimum Gasteiger partial charge on any atom is -0.353 e. The number of nitrogens with one attached hydrogen (secondary N) is 1. The van der Waals surface area contributed by atoms with Crippen LogP contribution in [0.1, 0.15) is 5.56 Å². The third-order valence-electron chi connectivity index (χ3n) is 5.45. The summed E-state index contributed by atoms with van der Waals surface area (Å²) in [6.07, 6.45) is 0. The Morgan fingerprint density at radius 3 is 2.20 bits per heavy atom. The van der Waals surface area contributed by atoms with Crippen LogP contribution in [0, 0.1) is 12.8 Å². The van der Waals surface area contributed by atoms with Gasteiger partial charge in [-0.25, -0.2) is 0 Å². The molecule has 8 heteroatoms. The zero-order valence-electron chi connectivity index (χ0n) is 16.6. The molecule has 3 heterocycles. The normalized spacial score (nSPS) is 20.0. The second-order valence-corrected chi connectivity index (χ2v) is 9.03. The number of fused-ring (bicyclic) bond motifs is 1. The summed E-state index contributed by atoms with van der Waals surface area (Å²) in [7, 11) is -4.02. The summed E-state index contributed by atoms with van der Waals surface area (Å²) >= 11 is 0. The highest BCUT2D eigenvalue weighted by molar-refractivity contribution is 7.85. The summed E-state index contributed by atoms with van der Waals surface area (Å²) < 4.78 is 29.6. The smallest absolute Gasteiger partial charge is 0.294 e. The molecule has 2 saturated heterocycles. The topological polar surface area (TPSA) is 95.4 Å². The Labute approximate surface area is 176 Å². The maximum atomic E-state index is 10.5. The van der Waals surface area contributed by atoms with Crippen molar-refractivity contribution in [3.63, 3.8) is 0 Å². The second kappa shape index (κ2) is 8.51. The van der Waals surface area contributed by atoms with Crippen LogP contribution in [0.3, 0.4) is 0 Å². The fraction of sp³-hybridized carbons (Fsp3) is 0.273. The number of nitrogens with zero attached hydrogens (tertiary/aromatic N) is 3. The Morgan fingerprint density at radius 2 is 1.70 bits per heavy atom. The van der Waals surface area contributed by atoms with Crippen LogP contribution in [0.15, 0.2) is 71.6 Å². The summed E-state index contributed by atoms with van der Waals surface area (Å²) in [5.74, 6) is 1.80. The fourth-order valence-electron chi connectivity index (χ4n) is 3.61. The molecule has 0 radical (unpaired) electrons. The first kappa shape index (κ1) is 20.5. The number of hydrogen-bond donors (Lipinski definition) is 2. The van der Waals surface area contributed by atoms with Gasteiger partial charge >= 0.3 is 0 Å². The molecule has 0 aliphatic carbocycles. The van der Waals surface area contributed by atoms with Crippen LogP contribution in [0.4, 0.5) is 5.82 Å². The SMILES string of the molecule is Cc1ccc(S(=O)(=O)O)cc1.c1ccc(-c2ccc(N3C[C@H]4CN[C@H]4C3)nn2)cc1. The van der Waals surface area contributed by atoms with Crippen LogP contribution in [0.5, 0.6) is 0 Å². The van der Waals surface area contributed by atoms with E-state index in [4.69, 9.17) is 4.55 Å². The first-order valence-corrected chi connectivity index (χ1v) is 11.3. The van der Waals surface area contributed by atoms with Crippen LogP contribution in [-0.4, -0.2) is 48.8 Å². The molecule has 30 heavy (non-hydrogen) atoms. The third-order valence-corrected chi connectivity index (χ3v) is 6.31. The number of aromatic nitrogens is 2. The molecule has 0 saturated carbocycles. The summed E-state index contributed by atoms with van der Waals surface area (Å²) in [5, 5.41) is 12.2. The number of hydrogen-bond acceptors (Lipinski definition) is 6. The quantitative estimate of drug-likeness (QED) is 0.624. The number of benzene rings is 2. The number of anilines is 1. The summed E-state index contributed by atoms with van der Waals surface area (Å²) in [6, 6.07) is 21.0. The molecule has 3 aromatic rings. The van der Waals surface area contributed by atoms with Crippen LogP contribution in [-0.2, 0) is 10.1 Å². The lowest BCUT2D eigenvalue weighted by molar-refractivity contribution is 0.297. The van der Waals surface area contributed by atoms with Crippen molar-refractivity contribution in [3.8, 4) is 11.3 Å². The summed E-state index contributed by atoms with van der Waals surface area (Å²) in [5.41, 5.74) is 3.01. The van der Waals surface area contributed by atoms with Crippen LogP contribution >= 0.6 is 0 Å². The van der Waals surface area contributed by atoms with E-state index in [0.29, 0.717) is 6.04 Å². The molecule has 2 aromatic carbocycles. The van der Waals surface area contributed by atoms with Gasteiger partial charge in [0.05, 0.1) is 10.6 Å². The lowest BCUT2D eigenvalue weighted by Gasteiger charge is -2.29. The molecule has 0 bridgehead atoms. The van der Waals surface area contributed by atoms with E-state index in [1.54, 1.807) is 12.1 Å². The first-order chi connectivity index (χ1) is 14.4. The maximum absolute atomic E-state index is 10.5. The van der Waals surface area contributed by atoms with Gasteiger partial charge in [0.2, 0.25) is 0 Å². The van der Waals surface area contributed by atoms with E-state index in [1.807, 2.05) is 25.1 Å². The number of aryl methyl sites for hydroxylation is 1. The van der Waals surface area contributed by atoms with Gasteiger partial charge < -0.3 is 10.2 Å². The van der Waals surface area contributed by atoms with Gasteiger partial charge in [0.15, 0.2) is 5.82 Å². The predicted octanol–water partition coefficient (Wildman–Crippen LogP) is 2.79. The van der Waals surface area contributed by atoms with Crippen molar-refractivity contribution in [2.75, 3.05) is 24.5 Å². The van der Waals surface area contributed by atoms with Crippen LogP contribution < -0.4 is 10.2 Å². The molecule has 2 aliphatic rings. The molecule has 2 atom stereocenters. The van der Waals surface area contributed by atoms with Gasteiger partial charge in [0, 0.05) is 37.2 Å². The highest BCUT2D eigenvalue weighted by atomic mass is 32.2. The highest BCUT2D eigenvalue weighted by Crippen LogP contribution is 2.27. The first-order valence-electron chi connectivity index (χ1n) is 9.82. The Hall–Kier alpha value is -2.81. The lowest BCUT2D eigenvalue weighted by atomic mass is 9.96. The van der Waals surface area contributed by atoms with Crippen molar-refractivity contribution in [1.82, 2.24) is 15.5 Å². The lowest BCUT2D eigenvalue weighted by Crippen LogP contribution is -2.51. The van der Waals surface area contributed by atoms with Gasteiger partial charge in [0.1, 0.15) is 0 Å². The van der Waals surface area contributed by atoms with Crippen LogP contribution in [0.2, 0.25) is 0 Å². The predicted molar refractivity (Wildman–Crippen MR) is 116 cm³/mol. The molecule has 7 nitrogen and oxygen atoms in total. The highest BCUT2D eigenvalue weighted by Gasteiger charge is 2.39. The van der Waals surface area contributed by atoms with Gasteiger partial charge in [-0.2, -0.15) is 8.42 Å². The van der Waals surface area contributed by atoms with E-state index in [9.17, 15) is 8.42 Å². The van der Waals surface area contributed by atoms with Gasteiger partial charge in [0.25, 0.3) is 10.1 Å². The summed E-state index contributed by atoms with van der Waals surface area (Å²) in [4.78, 5) is 2.26. The van der Waals surface area contributed by atoms with E-state index in [0.717, 1.165) is 48.2 Å². The van der Waals surface area contributed by atoms with Gasteiger partial charge in [-0.3, -0.25) is 4.55 Å². The van der Waals surface area contributed by atoms with Crippen LogP contribution in [0.25, 0.3) is 11.3 Å². The fourth-order valence-corrected chi connectivity index (χ4v) is 4.09. The Bertz CT molecular complexity index is 1080. The molecule has 0 amide bonds. The van der Waals surface area contributed by atoms with E-state index in [-0.39, 0.29) is 4.90 Å². The average molecular weight is 425 g/mol. The average Bonchev–Trinajstić information content (AvgIpc) is 3.03. The minimum atomic E-state index is -4.02. The molecule has 2 fully saturated rings. The Morgan fingerprint density at radius 1 is 0.967 bits per heavy atom. The van der Waals surface area contributed by atoms with Crippen molar-refractivity contribution in [3.05, 3.63) is 72.3 Å². The van der Waals surface area contributed by atoms with E-state index < -0.39 is 10.1 Å². The zero-order chi connectivity index (χ0) is 21.1. The van der Waals surface area contributed by atoms with Crippen molar-refractivity contribution < 1.29 is 13.0 Å². The molecule has 1 aromatic heterocycles. The van der Waals surface area contributed by atoms with Gasteiger partial charge in [-0.1, -0.05) is 48.0 Å². The van der Waals surface area contributed by atoms with E-state index >= 15 is 0 Å². The van der Waals surface area contributed by atoms with E-state index in [2.05, 4.69) is 44.7 Å². The van der Waals surface area contributed by atoms with Crippen molar-refractivity contribution in [2.24, 2.45) is 5.92 Å². The van der Waals surface area contributed by atoms with Crippen molar-refractivity contribution in [1.29, 1.82) is 0 Å². The Kier molecular flexibility index (Phi) is 5.80. The third kappa shape index (κ3) is 4.67. The molecule has 156 valence electrons. The molecule has 2 aliphatic heterocycles. The largest absolute Gasteiger partial charge is 0.353 e. The second-order valence-electron chi connectivity index (χ2n) is 7.61. The standard InChI is InChI=1S/C15H16N4.C7H8O3S/c1-2-4-11(5-3-1)13-6-7-15(18-17-13)19-9-12-8-16-14(12)10-19;1-6-2-4-7(5-3-6)11(8,9)10/h1-7,12,14,16H,8-10H2;2-5H,1H3,(H,8,9,10)/t12-,14+;/m1./s1. The Balaban J connectivity index is 0.000000170. The van der Waals surface area contributed by atoms with Gasteiger partial charge in [-0.05, 0) is 31.2 Å². The minimum absolute atomic E-state index is 0.0666. The van der Waals surface area contributed by atoms with Crippen molar-refractivity contribution >= 4 is 15.9 Å². The number of rotatable bonds is 3. The van der Waals surface area contributed by atoms with E-state index in [1.165, 1.54) is 12.1 Å². The molecule has 2 N–H and O–H groups in total. The molecule has 5 rings (SSSR count). The summed E-state index contributed by atoms with van der Waals surface area (Å²) in [6.45, 7) is 5.16. The van der Waals surface area contributed by atoms with Gasteiger partial charge in [-0.15, -0.1) is 10.2 Å².